The lowest BCUT2D eigenvalue weighted by molar-refractivity contribution is 0.0796. The fraction of sp³-hybridized carbons (Fsp3) is 0.227. The highest BCUT2D eigenvalue weighted by atomic mass is 35.5. The van der Waals surface area contributed by atoms with Crippen LogP contribution in [0.3, 0.4) is 0 Å². The van der Waals surface area contributed by atoms with E-state index in [1.165, 1.54) is 0 Å². The Morgan fingerprint density at radius 3 is 2.54 bits per heavy atom. The Balaban J connectivity index is 1.64. The lowest BCUT2D eigenvalue weighted by Crippen LogP contribution is -2.28. The summed E-state index contributed by atoms with van der Waals surface area (Å²) < 4.78 is 0. The van der Waals surface area contributed by atoms with Gasteiger partial charge in [-0.2, -0.15) is 0 Å². The zero-order valence-electron chi connectivity index (χ0n) is 16.2. The van der Waals surface area contributed by atoms with E-state index in [1.807, 2.05) is 32.0 Å². The molecule has 1 aromatic carbocycles. The summed E-state index contributed by atoms with van der Waals surface area (Å²) in [5.74, 6) is 0.586. The molecule has 0 aliphatic heterocycles. The van der Waals surface area contributed by atoms with E-state index in [1.54, 1.807) is 42.7 Å². The zero-order chi connectivity index (χ0) is 20.1. The fourth-order valence-electron chi connectivity index (χ4n) is 2.96. The van der Waals surface area contributed by atoms with Crippen molar-refractivity contribution in [2.45, 2.75) is 20.3 Å². The van der Waals surface area contributed by atoms with E-state index < -0.39 is 0 Å². The van der Waals surface area contributed by atoms with Gasteiger partial charge in [0.05, 0.1) is 16.3 Å². The molecule has 1 amide bonds. The third-order valence-corrected chi connectivity index (χ3v) is 4.83. The minimum absolute atomic E-state index is 0.0577. The van der Waals surface area contributed by atoms with E-state index in [0.717, 1.165) is 28.8 Å². The van der Waals surface area contributed by atoms with Gasteiger partial charge in [-0.15, -0.1) is 0 Å². The number of rotatable bonds is 6. The van der Waals surface area contributed by atoms with E-state index in [-0.39, 0.29) is 5.91 Å². The summed E-state index contributed by atoms with van der Waals surface area (Å²) in [4.78, 5) is 22.7. The second-order valence-electron chi connectivity index (χ2n) is 6.83. The maximum atomic E-state index is 12.6. The van der Waals surface area contributed by atoms with Gasteiger partial charge in [-0.3, -0.25) is 9.78 Å². The van der Waals surface area contributed by atoms with Gasteiger partial charge in [0.25, 0.3) is 5.91 Å². The number of halogens is 1. The Morgan fingerprint density at radius 2 is 1.89 bits per heavy atom. The molecule has 3 aromatic rings. The number of aromatic nitrogens is 2. The van der Waals surface area contributed by atoms with Gasteiger partial charge >= 0.3 is 0 Å². The molecule has 0 aliphatic rings. The Kier molecular flexibility index (Phi) is 6.26. The van der Waals surface area contributed by atoms with Crippen LogP contribution in [0.15, 0.2) is 55.0 Å². The summed E-state index contributed by atoms with van der Waals surface area (Å²) in [7, 11) is 1.80. The molecule has 0 bridgehead atoms. The number of nitrogens with one attached hydrogen (secondary N) is 1. The van der Waals surface area contributed by atoms with E-state index >= 15 is 0 Å². The van der Waals surface area contributed by atoms with Crippen molar-refractivity contribution >= 4 is 29.0 Å². The van der Waals surface area contributed by atoms with Gasteiger partial charge in [-0.1, -0.05) is 17.7 Å². The number of hydrogen-bond donors (Lipinski definition) is 1. The number of benzene rings is 1. The molecular formula is C22H23ClN4O. The first-order valence-corrected chi connectivity index (χ1v) is 9.46. The number of hydrogen-bond acceptors (Lipinski definition) is 4. The average molecular weight is 395 g/mol. The first-order valence-electron chi connectivity index (χ1n) is 9.08. The van der Waals surface area contributed by atoms with Crippen LogP contribution in [-0.2, 0) is 6.42 Å². The standard InChI is InChI=1S/C22H23ClN4O/c1-15-12-16(2)21(19(23)13-15)26-20-5-4-18(14-25-20)22(28)27(3)11-8-17-6-9-24-10-7-17/h4-7,9-10,12-14H,8,11H2,1-3H3,(H,25,26). The molecular weight excluding hydrogens is 372 g/mol. The summed E-state index contributed by atoms with van der Waals surface area (Å²) in [5, 5.41) is 3.88. The maximum absolute atomic E-state index is 12.6. The molecule has 6 heteroatoms. The van der Waals surface area contributed by atoms with Crippen LogP contribution in [0.4, 0.5) is 11.5 Å². The summed E-state index contributed by atoms with van der Waals surface area (Å²) in [5.41, 5.74) is 4.68. The predicted molar refractivity (Wildman–Crippen MR) is 113 cm³/mol. The topological polar surface area (TPSA) is 58.1 Å². The van der Waals surface area contributed by atoms with Crippen molar-refractivity contribution in [2.24, 2.45) is 0 Å². The molecule has 2 heterocycles. The van der Waals surface area contributed by atoms with Gasteiger partial charge in [0.2, 0.25) is 0 Å². The number of nitrogens with zero attached hydrogens (tertiary/aromatic N) is 3. The van der Waals surface area contributed by atoms with Gasteiger partial charge < -0.3 is 10.2 Å². The number of likely N-dealkylation sites (N-methyl/N-ethyl adjacent to an activating group) is 1. The molecule has 144 valence electrons. The molecule has 3 rings (SSSR count). The van der Waals surface area contributed by atoms with Gasteiger partial charge in [0.15, 0.2) is 0 Å². The van der Waals surface area contributed by atoms with Crippen molar-refractivity contribution in [1.82, 2.24) is 14.9 Å². The first kappa shape index (κ1) is 19.8. The molecule has 0 aliphatic carbocycles. The van der Waals surface area contributed by atoms with Crippen LogP contribution in [-0.4, -0.2) is 34.4 Å². The molecule has 0 saturated carbocycles. The van der Waals surface area contributed by atoms with Crippen LogP contribution in [0.25, 0.3) is 0 Å². The smallest absolute Gasteiger partial charge is 0.255 e. The minimum Gasteiger partial charge on any atom is -0.341 e. The van der Waals surface area contributed by atoms with Crippen LogP contribution in [0.1, 0.15) is 27.0 Å². The van der Waals surface area contributed by atoms with Crippen molar-refractivity contribution in [3.8, 4) is 0 Å². The van der Waals surface area contributed by atoms with Gasteiger partial charge in [-0.05, 0) is 67.3 Å². The molecule has 0 saturated heterocycles. The van der Waals surface area contributed by atoms with Gasteiger partial charge in [-0.25, -0.2) is 4.98 Å². The summed E-state index contributed by atoms with van der Waals surface area (Å²) in [6, 6.07) is 11.4. The van der Waals surface area contributed by atoms with E-state index in [0.29, 0.717) is 22.9 Å². The Bertz CT molecular complexity index is 935. The van der Waals surface area contributed by atoms with Gasteiger partial charge in [0, 0.05) is 32.2 Å². The SMILES string of the molecule is Cc1cc(C)c(Nc2ccc(C(=O)N(C)CCc3ccncc3)cn2)c(Cl)c1. The van der Waals surface area contributed by atoms with Crippen LogP contribution in [0.2, 0.25) is 5.02 Å². The summed E-state index contributed by atoms with van der Waals surface area (Å²) >= 11 is 6.34. The van der Waals surface area contributed by atoms with Crippen LogP contribution >= 0.6 is 11.6 Å². The monoisotopic (exact) mass is 394 g/mol. The highest BCUT2D eigenvalue weighted by molar-refractivity contribution is 6.33. The van der Waals surface area contributed by atoms with Crippen molar-refractivity contribution in [3.05, 3.63) is 82.3 Å². The first-order chi connectivity index (χ1) is 13.4. The Hall–Kier alpha value is -2.92. The molecule has 0 radical (unpaired) electrons. The molecule has 0 spiro atoms. The molecule has 28 heavy (non-hydrogen) atoms. The predicted octanol–water partition coefficient (Wildman–Crippen LogP) is 4.81. The number of amides is 1. The summed E-state index contributed by atoms with van der Waals surface area (Å²) in [6.07, 6.45) is 5.89. The lowest BCUT2D eigenvalue weighted by atomic mass is 10.1. The lowest BCUT2D eigenvalue weighted by Gasteiger charge is -2.17. The third kappa shape index (κ3) is 4.87. The number of carbonyl (C=O) groups is 1. The zero-order valence-corrected chi connectivity index (χ0v) is 17.0. The Labute approximate surface area is 170 Å². The van der Waals surface area contributed by atoms with E-state index in [9.17, 15) is 4.79 Å². The second-order valence-corrected chi connectivity index (χ2v) is 7.24. The third-order valence-electron chi connectivity index (χ3n) is 4.53. The molecule has 0 atom stereocenters. The highest BCUT2D eigenvalue weighted by Crippen LogP contribution is 2.29. The van der Waals surface area contributed by atoms with Crippen LogP contribution < -0.4 is 5.32 Å². The summed E-state index contributed by atoms with van der Waals surface area (Å²) in [6.45, 7) is 4.63. The molecule has 0 fully saturated rings. The highest BCUT2D eigenvalue weighted by Gasteiger charge is 2.13. The average Bonchev–Trinajstić information content (AvgIpc) is 2.69. The quantitative estimate of drug-likeness (QED) is 0.652. The van der Waals surface area contributed by atoms with Gasteiger partial charge in [0.1, 0.15) is 5.82 Å². The number of anilines is 2. The molecule has 1 N–H and O–H groups in total. The number of carbonyl (C=O) groups excluding carboxylic acids is 1. The number of pyridine rings is 2. The van der Waals surface area contributed by atoms with Crippen molar-refractivity contribution < 1.29 is 4.79 Å². The largest absolute Gasteiger partial charge is 0.341 e. The molecule has 2 aromatic heterocycles. The van der Waals surface area contributed by atoms with Crippen molar-refractivity contribution in [2.75, 3.05) is 18.9 Å². The van der Waals surface area contributed by atoms with E-state index in [4.69, 9.17) is 11.6 Å². The second kappa shape index (κ2) is 8.85. The fourth-order valence-corrected chi connectivity index (χ4v) is 3.33. The maximum Gasteiger partial charge on any atom is 0.255 e. The minimum atomic E-state index is -0.0577. The van der Waals surface area contributed by atoms with E-state index in [2.05, 4.69) is 21.4 Å². The van der Waals surface area contributed by atoms with Crippen molar-refractivity contribution in [3.63, 3.8) is 0 Å². The Morgan fingerprint density at radius 1 is 1.14 bits per heavy atom. The number of aryl methyl sites for hydroxylation is 2. The molecule has 0 unspecified atom stereocenters. The van der Waals surface area contributed by atoms with Crippen LogP contribution in [0.5, 0.6) is 0 Å². The molecule has 5 nitrogen and oxygen atoms in total. The van der Waals surface area contributed by atoms with Crippen molar-refractivity contribution in [1.29, 1.82) is 0 Å². The van der Waals surface area contributed by atoms with Crippen LogP contribution in [0, 0.1) is 13.8 Å². The normalized spacial score (nSPS) is 10.6.